The first-order valence-corrected chi connectivity index (χ1v) is 7.46. The molecule has 0 radical (unpaired) electrons. The first-order valence-electron chi connectivity index (χ1n) is 7.46. The van der Waals surface area contributed by atoms with Gasteiger partial charge in [-0.3, -0.25) is 0 Å². The molecule has 1 N–H and O–H groups in total. The molecule has 2 aromatic rings. The van der Waals surface area contributed by atoms with Crippen LogP contribution >= 0.6 is 0 Å². The Morgan fingerprint density at radius 3 is 2.00 bits per heavy atom. The molecule has 1 nitrogen and oxygen atoms in total. The molecule has 0 aromatic heterocycles. The van der Waals surface area contributed by atoms with Crippen molar-refractivity contribution in [1.29, 1.82) is 0 Å². The van der Waals surface area contributed by atoms with Gasteiger partial charge in [-0.25, -0.2) is 0 Å². The lowest BCUT2D eigenvalue weighted by molar-refractivity contribution is 0.399. The molecule has 2 aromatic carbocycles. The van der Waals surface area contributed by atoms with Crippen LogP contribution in [0, 0.1) is 12.8 Å². The third-order valence-corrected chi connectivity index (χ3v) is 4.06. The Labute approximate surface area is 123 Å². The van der Waals surface area contributed by atoms with Gasteiger partial charge in [0.05, 0.1) is 6.04 Å². The van der Waals surface area contributed by atoms with E-state index in [1.165, 1.54) is 16.7 Å². The minimum Gasteiger partial charge on any atom is -0.303 e. The monoisotopic (exact) mass is 267 g/mol. The molecule has 0 aliphatic heterocycles. The van der Waals surface area contributed by atoms with E-state index in [1.807, 2.05) is 0 Å². The Bertz CT molecular complexity index is 530. The summed E-state index contributed by atoms with van der Waals surface area (Å²) in [6.07, 6.45) is 0. The summed E-state index contributed by atoms with van der Waals surface area (Å²) in [6, 6.07) is 20.1. The molecule has 0 fully saturated rings. The summed E-state index contributed by atoms with van der Waals surface area (Å²) in [5.41, 5.74) is 4.03. The highest BCUT2D eigenvalue weighted by Crippen LogP contribution is 2.26. The molecule has 2 atom stereocenters. The van der Waals surface area contributed by atoms with E-state index >= 15 is 0 Å². The maximum atomic E-state index is 3.79. The number of aryl methyl sites for hydroxylation is 1. The van der Waals surface area contributed by atoms with Gasteiger partial charge in [-0.05, 0) is 36.5 Å². The Morgan fingerprint density at radius 1 is 0.800 bits per heavy atom. The fraction of sp³-hybridized carbons (Fsp3) is 0.368. The van der Waals surface area contributed by atoms with Crippen LogP contribution in [-0.2, 0) is 0 Å². The molecular formula is C19H25N. The van der Waals surface area contributed by atoms with Gasteiger partial charge in [0.2, 0.25) is 0 Å². The average Bonchev–Trinajstić information content (AvgIpc) is 2.46. The Balaban J connectivity index is 2.37. The highest BCUT2D eigenvalue weighted by atomic mass is 15.0. The van der Waals surface area contributed by atoms with Gasteiger partial charge in [0.1, 0.15) is 0 Å². The molecule has 0 spiro atoms. The van der Waals surface area contributed by atoms with E-state index in [0.717, 1.165) is 0 Å². The van der Waals surface area contributed by atoms with Crippen molar-refractivity contribution in [3.05, 3.63) is 71.3 Å². The van der Waals surface area contributed by atoms with Crippen LogP contribution in [0.5, 0.6) is 0 Å². The summed E-state index contributed by atoms with van der Waals surface area (Å²) in [7, 11) is 0. The zero-order chi connectivity index (χ0) is 14.5. The summed E-state index contributed by atoms with van der Waals surface area (Å²) in [5, 5.41) is 3.79. The number of hydrogen-bond acceptors (Lipinski definition) is 1. The zero-order valence-electron chi connectivity index (χ0n) is 12.9. The zero-order valence-corrected chi connectivity index (χ0v) is 12.9. The third kappa shape index (κ3) is 3.49. The van der Waals surface area contributed by atoms with Gasteiger partial charge in [-0.15, -0.1) is 0 Å². The quantitative estimate of drug-likeness (QED) is 0.826. The van der Waals surface area contributed by atoms with Crippen LogP contribution in [-0.4, -0.2) is 6.04 Å². The van der Waals surface area contributed by atoms with Gasteiger partial charge in [-0.2, -0.15) is 0 Å². The Morgan fingerprint density at radius 2 is 1.40 bits per heavy atom. The molecule has 0 saturated carbocycles. The highest BCUT2D eigenvalue weighted by Gasteiger charge is 2.19. The largest absolute Gasteiger partial charge is 0.303 e. The lowest BCUT2D eigenvalue weighted by atomic mass is 9.93. The number of hydrogen-bond donors (Lipinski definition) is 1. The molecule has 0 amide bonds. The average molecular weight is 267 g/mol. The molecule has 2 rings (SSSR count). The van der Waals surface area contributed by atoms with Gasteiger partial charge >= 0.3 is 0 Å². The van der Waals surface area contributed by atoms with Gasteiger partial charge in [0.15, 0.2) is 0 Å². The van der Waals surface area contributed by atoms with E-state index in [2.05, 4.69) is 87.6 Å². The first kappa shape index (κ1) is 14.8. The molecule has 1 heteroatoms. The van der Waals surface area contributed by atoms with Crippen LogP contribution in [0.3, 0.4) is 0 Å². The first-order chi connectivity index (χ1) is 9.59. The molecule has 0 saturated heterocycles. The summed E-state index contributed by atoms with van der Waals surface area (Å²) in [5.74, 6) is 0.616. The van der Waals surface area contributed by atoms with Crippen molar-refractivity contribution in [2.24, 2.45) is 5.92 Å². The van der Waals surface area contributed by atoms with Crippen LogP contribution in [0.2, 0.25) is 0 Å². The number of rotatable bonds is 5. The molecule has 0 aliphatic carbocycles. The van der Waals surface area contributed by atoms with E-state index in [4.69, 9.17) is 0 Å². The normalized spacial score (nSPS) is 14.2. The van der Waals surface area contributed by atoms with Crippen molar-refractivity contribution in [3.8, 4) is 0 Å². The third-order valence-electron chi connectivity index (χ3n) is 4.06. The van der Waals surface area contributed by atoms with E-state index in [-0.39, 0.29) is 6.04 Å². The van der Waals surface area contributed by atoms with Crippen LogP contribution in [0.15, 0.2) is 54.6 Å². The maximum Gasteiger partial charge on any atom is 0.0581 e. The summed E-state index contributed by atoms with van der Waals surface area (Å²) in [6.45, 7) is 8.97. The predicted molar refractivity (Wildman–Crippen MR) is 86.9 cm³/mol. The second-order valence-electron chi connectivity index (χ2n) is 5.90. The van der Waals surface area contributed by atoms with Crippen LogP contribution in [0.4, 0.5) is 0 Å². The summed E-state index contributed by atoms with van der Waals surface area (Å²) >= 11 is 0. The maximum absolute atomic E-state index is 3.79. The molecule has 0 aliphatic rings. The van der Waals surface area contributed by atoms with Crippen molar-refractivity contribution in [2.75, 3.05) is 0 Å². The molecular weight excluding hydrogens is 242 g/mol. The van der Waals surface area contributed by atoms with Gasteiger partial charge in [0, 0.05) is 6.04 Å². The predicted octanol–water partition coefficient (Wildman–Crippen LogP) is 4.72. The minimum atomic E-state index is 0.259. The van der Waals surface area contributed by atoms with E-state index < -0.39 is 0 Å². The van der Waals surface area contributed by atoms with Crippen molar-refractivity contribution < 1.29 is 0 Å². The van der Waals surface area contributed by atoms with Crippen molar-refractivity contribution in [3.63, 3.8) is 0 Å². The molecule has 20 heavy (non-hydrogen) atoms. The van der Waals surface area contributed by atoms with Crippen LogP contribution < -0.4 is 5.32 Å². The van der Waals surface area contributed by atoms with Crippen LogP contribution in [0.1, 0.15) is 43.5 Å². The lowest BCUT2D eigenvalue weighted by Gasteiger charge is -2.27. The van der Waals surface area contributed by atoms with Crippen molar-refractivity contribution in [2.45, 2.75) is 39.8 Å². The molecule has 0 bridgehead atoms. The van der Waals surface area contributed by atoms with E-state index in [1.54, 1.807) is 0 Å². The van der Waals surface area contributed by atoms with Crippen LogP contribution in [0.25, 0.3) is 0 Å². The van der Waals surface area contributed by atoms with Gasteiger partial charge in [0.25, 0.3) is 0 Å². The molecule has 106 valence electrons. The highest BCUT2D eigenvalue weighted by molar-refractivity contribution is 5.36. The summed E-state index contributed by atoms with van der Waals surface area (Å²) in [4.78, 5) is 0. The minimum absolute atomic E-state index is 0.259. The topological polar surface area (TPSA) is 12.0 Å². The molecule has 2 unspecified atom stereocenters. The van der Waals surface area contributed by atoms with E-state index in [0.29, 0.717) is 12.0 Å². The number of benzene rings is 2. The fourth-order valence-electron chi connectivity index (χ4n) is 2.38. The number of nitrogens with one attached hydrogen (secondary N) is 1. The van der Waals surface area contributed by atoms with Crippen molar-refractivity contribution in [1.82, 2.24) is 5.32 Å². The fourth-order valence-corrected chi connectivity index (χ4v) is 2.38. The standard InChI is InChI=1S/C19H25N/c1-14(2)16(4)20-19(17-11-6-5-7-12-17)18-13-9-8-10-15(18)3/h5-14,16,19-20H,1-4H3. The van der Waals surface area contributed by atoms with Gasteiger partial charge < -0.3 is 5.32 Å². The molecule has 0 heterocycles. The van der Waals surface area contributed by atoms with E-state index in [9.17, 15) is 0 Å². The van der Waals surface area contributed by atoms with Crippen molar-refractivity contribution >= 4 is 0 Å². The SMILES string of the molecule is Cc1ccccc1C(NC(C)C(C)C)c1ccccc1. The Kier molecular flexibility index (Phi) is 4.97. The van der Waals surface area contributed by atoms with Gasteiger partial charge in [-0.1, -0.05) is 68.4 Å². The summed E-state index contributed by atoms with van der Waals surface area (Å²) < 4.78 is 0. The smallest absolute Gasteiger partial charge is 0.0581 e. The second-order valence-corrected chi connectivity index (χ2v) is 5.90. The lowest BCUT2D eigenvalue weighted by Crippen LogP contribution is -2.35. The Hall–Kier alpha value is -1.60. The second kappa shape index (κ2) is 6.71.